The van der Waals surface area contributed by atoms with Gasteiger partial charge in [0.15, 0.2) is 0 Å². The smallest absolute Gasteiger partial charge is 0.348 e. The summed E-state index contributed by atoms with van der Waals surface area (Å²) in [5.41, 5.74) is -2.74. The molecule has 11 heteroatoms. The molecular weight excluding hydrogens is 491 g/mol. The van der Waals surface area contributed by atoms with E-state index in [0.29, 0.717) is 21.4 Å². The number of methoxy groups -OCH3 is 1. The molecule has 1 aromatic carbocycles. The Balaban J connectivity index is 0.00000222. The highest BCUT2D eigenvalue weighted by atomic mass is 32.1. The van der Waals surface area contributed by atoms with E-state index in [1.54, 1.807) is 13.8 Å². The number of halogens is 1. The molecule has 0 fully saturated rings. The van der Waals surface area contributed by atoms with Gasteiger partial charge in [0, 0.05) is 6.54 Å². The first-order chi connectivity index (χ1) is 16.9. The van der Waals surface area contributed by atoms with Gasteiger partial charge in [0.25, 0.3) is 5.56 Å². The van der Waals surface area contributed by atoms with Gasteiger partial charge in [-0.3, -0.25) is 9.36 Å². The molecule has 1 N–H and O–H groups in total. The summed E-state index contributed by atoms with van der Waals surface area (Å²) >= 11 is 0.925. The molecule has 0 amide bonds. The second-order valence-corrected chi connectivity index (χ2v) is 9.10. The minimum atomic E-state index is -1.86. The number of thiophene rings is 1. The lowest BCUT2D eigenvalue weighted by molar-refractivity contribution is -0.146. The average molecular weight is 523 g/mol. The predicted molar refractivity (Wildman–Crippen MR) is 136 cm³/mol. The summed E-state index contributed by atoms with van der Waals surface area (Å²) in [6.07, 6.45) is 0.146. The number of benzene rings is 1. The molecule has 3 aromatic rings. The Morgan fingerprint density at radius 3 is 2.39 bits per heavy atom. The molecule has 0 unspecified atom stereocenters. The first-order valence-corrected chi connectivity index (χ1v) is 12.3. The highest BCUT2D eigenvalue weighted by Gasteiger charge is 2.35. The summed E-state index contributed by atoms with van der Waals surface area (Å²) in [7, 11) is 1.44. The van der Waals surface area contributed by atoms with E-state index in [4.69, 9.17) is 9.47 Å². The number of aliphatic carboxylic acids is 1. The molecule has 0 aliphatic heterocycles. The molecule has 0 aliphatic carbocycles. The van der Waals surface area contributed by atoms with Crippen LogP contribution in [0.25, 0.3) is 10.2 Å². The number of carboxylic acids is 1. The number of carboxylic acid groups (broad SMARTS) is 1. The standard InChI is InChI=1S/C23H25FN2O7S.C2H6/c1-6-33-20(28)17-12(2)16-18(27)26(23(3,4)21(29)30)22(31)25(19(16)34-17)10-9-13-11-14(24)7-8-15(13)32-5;1-2/h7-8,11H,6,9-10H2,1-5H3,(H,29,30);1-2H3. The fourth-order valence-electron chi connectivity index (χ4n) is 3.70. The number of carbonyl (C=O) groups excluding carboxylic acids is 1. The maximum Gasteiger partial charge on any atom is 0.348 e. The third-order valence-corrected chi connectivity index (χ3v) is 6.90. The zero-order valence-electron chi connectivity index (χ0n) is 21.4. The largest absolute Gasteiger partial charge is 0.496 e. The molecule has 0 spiro atoms. The Bertz CT molecular complexity index is 1400. The van der Waals surface area contributed by atoms with E-state index >= 15 is 0 Å². The minimum absolute atomic E-state index is 0.0205. The van der Waals surface area contributed by atoms with E-state index in [0.717, 1.165) is 11.3 Å². The summed E-state index contributed by atoms with van der Waals surface area (Å²) in [6.45, 7) is 9.79. The number of ether oxygens (including phenoxy) is 2. The van der Waals surface area contributed by atoms with Crippen LogP contribution in [0, 0.1) is 12.7 Å². The van der Waals surface area contributed by atoms with Crippen LogP contribution in [0.5, 0.6) is 5.75 Å². The number of fused-ring (bicyclic) bond motifs is 1. The first-order valence-electron chi connectivity index (χ1n) is 11.5. The monoisotopic (exact) mass is 522 g/mol. The van der Waals surface area contributed by atoms with Crippen molar-refractivity contribution in [1.82, 2.24) is 9.13 Å². The zero-order chi connectivity index (χ0) is 27.4. The first kappa shape index (κ1) is 28.8. The van der Waals surface area contributed by atoms with E-state index in [1.807, 2.05) is 13.8 Å². The molecule has 3 rings (SSSR count). The van der Waals surface area contributed by atoms with Crippen LogP contribution in [0.3, 0.4) is 0 Å². The second-order valence-electron chi connectivity index (χ2n) is 8.10. The molecule has 36 heavy (non-hydrogen) atoms. The molecule has 9 nitrogen and oxygen atoms in total. The minimum Gasteiger partial charge on any atom is -0.496 e. The van der Waals surface area contributed by atoms with Gasteiger partial charge >= 0.3 is 17.6 Å². The third-order valence-electron chi connectivity index (χ3n) is 5.60. The molecule has 0 saturated carbocycles. The Morgan fingerprint density at radius 1 is 1.19 bits per heavy atom. The van der Waals surface area contributed by atoms with Crippen LogP contribution < -0.4 is 16.0 Å². The van der Waals surface area contributed by atoms with Crippen LogP contribution in [-0.2, 0) is 28.0 Å². The zero-order valence-corrected chi connectivity index (χ0v) is 22.2. The highest BCUT2D eigenvalue weighted by molar-refractivity contribution is 7.20. The van der Waals surface area contributed by atoms with Crippen molar-refractivity contribution in [3.63, 3.8) is 0 Å². The molecule has 0 radical (unpaired) electrons. The quantitative estimate of drug-likeness (QED) is 0.445. The maximum atomic E-state index is 13.8. The summed E-state index contributed by atoms with van der Waals surface area (Å²) in [5.74, 6) is -2.08. The fourth-order valence-corrected chi connectivity index (χ4v) is 4.91. The normalized spacial score (nSPS) is 11.1. The van der Waals surface area contributed by atoms with Gasteiger partial charge in [0.2, 0.25) is 0 Å². The van der Waals surface area contributed by atoms with Gasteiger partial charge in [-0.1, -0.05) is 13.8 Å². The van der Waals surface area contributed by atoms with Crippen LogP contribution in [0.2, 0.25) is 0 Å². The van der Waals surface area contributed by atoms with Crippen LogP contribution in [0.4, 0.5) is 4.39 Å². The average Bonchev–Trinajstić information content (AvgIpc) is 3.17. The molecule has 0 saturated heterocycles. The van der Waals surface area contributed by atoms with Crippen molar-refractivity contribution in [3.05, 3.63) is 60.9 Å². The lowest BCUT2D eigenvalue weighted by Gasteiger charge is -2.23. The molecule has 2 aromatic heterocycles. The van der Waals surface area contributed by atoms with Gasteiger partial charge in [-0.2, -0.15) is 0 Å². The van der Waals surface area contributed by atoms with Crippen molar-refractivity contribution in [2.45, 2.75) is 60.0 Å². The number of aromatic nitrogens is 2. The number of rotatable bonds is 8. The van der Waals surface area contributed by atoms with E-state index in [9.17, 15) is 28.7 Å². The van der Waals surface area contributed by atoms with Gasteiger partial charge in [-0.25, -0.2) is 23.3 Å². The fraction of sp³-hybridized carbons (Fsp3) is 0.440. The molecular formula is C25H31FN2O7S. The van der Waals surface area contributed by atoms with E-state index in [1.165, 1.54) is 43.7 Å². The van der Waals surface area contributed by atoms with E-state index in [-0.39, 0.29) is 34.7 Å². The summed E-state index contributed by atoms with van der Waals surface area (Å²) in [6, 6.07) is 3.99. The Morgan fingerprint density at radius 2 is 1.83 bits per heavy atom. The number of esters is 1. The number of aryl methyl sites for hydroxylation is 3. The van der Waals surface area contributed by atoms with Crippen LogP contribution in [-0.4, -0.2) is 39.9 Å². The van der Waals surface area contributed by atoms with Gasteiger partial charge < -0.3 is 14.6 Å². The third kappa shape index (κ3) is 5.20. The van der Waals surface area contributed by atoms with E-state index in [2.05, 4.69) is 0 Å². The SMILES string of the molecule is CC.CCOC(=O)c1sc2c(c1C)c(=O)n(C(C)(C)C(=O)O)c(=O)n2CCc1cc(F)ccc1OC. The van der Waals surface area contributed by atoms with Crippen LogP contribution in [0.1, 0.15) is 55.4 Å². The van der Waals surface area contributed by atoms with Gasteiger partial charge in [-0.15, -0.1) is 11.3 Å². The predicted octanol–water partition coefficient (Wildman–Crippen LogP) is 3.95. The molecule has 0 atom stereocenters. The number of nitrogens with zero attached hydrogens (tertiary/aromatic N) is 2. The lowest BCUT2D eigenvalue weighted by atomic mass is 10.1. The van der Waals surface area contributed by atoms with Crippen molar-refractivity contribution >= 4 is 33.5 Å². The van der Waals surface area contributed by atoms with Crippen LogP contribution >= 0.6 is 11.3 Å². The number of carbonyl (C=O) groups is 2. The molecule has 2 heterocycles. The van der Waals surface area contributed by atoms with Crippen molar-refractivity contribution < 1.29 is 28.6 Å². The van der Waals surface area contributed by atoms with Crippen LogP contribution in [0.15, 0.2) is 27.8 Å². The van der Waals surface area contributed by atoms with Gasteiger partial charge in [0.05, 0.1) is 19.1 Å². The second kappa shape index (κ2) is 11.5. The highest BCUT2D eigenvalue weighted by Crippen LogP contribution is 2.30. The summed E-state index contributed by atoms with van der Waals surface area (Å²) in [5, 5.41) is 9.77. The van der Waals surface area contributed by atoms with Gasteiger partial charge in [0.1, 0.15) is 26.8 Å². The van der Waals surface area contributed by atoms with E-state index < -0.39 is 34.5 Å². The topological polar surface area (TPSA) is 117 Å². The van der Waals surface area contributed by atoms with Crippen molar-refractivity contribution in [3.8, 4) is 5.75 Å². The maximum absolute atomic E-state index is 13.8. The Labute approximate surface area is 211 Å². The van der Waals surface area contributed by atoms with Crippen molar-refractivity contribution in [1.29, 1.82) is 0 Å². The molecule has 0 aliphatic rings. The Hall–Kier alpha value is -3.47. The number of hydrogen-bond donors (Lipinski definition) is 1. The molecule has 196 valence electrons. The summed E-state index contributed by atoms with van der Waals surface area (Å²) in [4.78, 5) is 51.6. The number of hydrogen-bond acceptors (Lipinski definition) is 7. The van der Waals surface area contributed by atoms with Gasteiger partial charge in [-0.05, 0) is 63.4 Å². The summed E-state index contributed by atoms with van der Waals surface area (Å²) < 4.78 is 26.1. The Kier molecular flexibility index (Phi) is 9.20. The van der Waals surface area contributed by atoms with Crippen molar-refractivity contribution in [2.75, 3.05) is 13.7 Å². The van der Waals surface area contributed by atoms with Crippen molar-refractivity contribution in [2.24, 2.45) is 0 Å². The molecule has 0 bridgehead atoms. The lowest BCUT2D eigenvalue weighted by Crippen LogP contribution is -2.52.